The third kappa shape index (κ3) is 5.47. The minimum Gasteiger partial charge on any atom is -0.342 e. The Kier molecular flexibility index (Phi) is 8.43. The summed E-state index contributed by atoms with van der Waals surface area (Å²) in [6, 6.07) is 7.16. The summed E-state index contributed by atoms with van der Waals surface area (Å²) in [7, 11) is 0. The van der Waals surface area contributed by atoms with Crippen LogP contribution in [-0.2, 0) is 4.79 Å². The number of nitrogens with zero attached hydrogens (tertiary/aromatic N) is 2. The Hall–Kier alpha value is -1.55. The van der Waals surface area contributed by atoms with E-state index in [-0.39, 0.29) is 17.7 Å². The summed E-state index contributed by atoms with van der Waals surface area (Å²) in [4.78, 5) is 29.4. The van der Waals surface area contributed by atoms with Crippen molar-refractivity contribution in [1.29, 1.82) is 0 Å². The van der Waals surface area contributed by atoms with E-state index in [4.69, 9.17) is 11.6 Å². The summed E-state index contributed by atoms with van der Waals surface area (Å²) in [6.45, 7) is 7.26. The average Bonchev–Trinajstić information content (AvgIpc) is 2.67. The van der Waals surface area contributed by atoms with Gasteiger partial charge in [-0.25, -0.2) is 0 Å². The minimum absolute atomic E-state index is 0.0321. The lowest BCUT2D eigenvalue weighted by Crippen LogP contribution is -2.45. The highest BCUT2D eigenvalue weighted by atomic mass is 35.5. The second-order valence-corrected chi connectivity index (χ2v) is 7.49. The molecule has 0 atom stereocenters. The minimum atomic E-state index is -0.0321. The number of likely N-dealkylation sites (tertiary alicyclic amines) is 1. The van der Waals surface area contributed by atoms with E-state index in [2.05, 4.69) is 13.8 Å². The lowest BCUT2D eigenvalue weighted by Gasteiger charge is -2.34. The van der Waals surface area contributed by atoms with E-state index in [0.717, 1.165) is 51.6 Å². The molecule has 2 amide bonds. The molecule has 1 fully saturated rings. The summed E-state index contributed by atoms with van der Waals surface area (Å²) < 4.78 is 0. The molecule has 0 spiro atoms. The molecule has 1 saturated heterocycles. The van der Waals surface area contributed by atoms with Gasteiger partial charge in [-0.3, -0.25) is 9.59 Å². The summed E-state index contributed by atoms with van der Waals surface area (Å²) in [5.74, 6) is 0.283. The van der Waals surface area contributed by atoms with Gasteiger partial charge in [-0.15, -0.1) is 0 Å². The van der Waals surface area contributed by atoms with Crippen LogP contribution in [0, 0.1) is 5.92 Å². The Balaban J connectivity index is 1.92. The fourth-order valence-corrected chi connectivity index (χ4v) is 3.64. The number of unbranched alkanes of at least 4 members (excludes halogenated alkanes) is 2. The molecule has 26 heavy (non-hydrogen) atoms. The number of rotatable bonds is 8. The van der Waals surface area contributed by atoms with Gasteiger partial charge >= 0.3 is 0 Å². The number of carbonyl (C=O) groups is 2. The van der Waals surface area contributed by atoms with Crippen molar-refractivity contribution in [2.75, 3.05) is 26.2 Å². The van der Waals surface area contributed by atoms with E-state index >= 15 is 0 Å². The first-order valence-electron chi connectivity index (χ1n) is 9.91. The molecule has 5 heteroatoms. The number of piperidine rings is 1. The predicted octanol–water partition coefficient (Wildman–Crippen LogP) is 4.62. The molecule has 0 saturated carbocycles. The molecule has 4 nitrogen and oxygen atoms in total. The van der Waals surface area contributed by atoms with Crippen molar-refractivity contribution in [2.24, 2.45) is 5.92 Å². The Morgan fingerprint density at radius 1 is 1.08 bits per heavy atom. The third-order valence-electron chi connectivity index (χ3n) is 5.11. The first-order valence-corrected chi connectivity index (χ1v) is 10.3. The Bertz CT molecular complexity index is 589. The molecule has 0 aliphatic carbocycles. The summed E-state index contributed by atoms with van der Waals surface area (Å²) in [5, 5.41) is 0.487. The van der Waals surface area contributed by atoms with E-state index in [1.807, 2.05) is 21.9 Å². The normalized spacial score (nSPS) is 15.1. The van der Waals surface area contributed by atoms with Crippen LogP contribution >= 0.6 is 11.6 Å². The topological polar surface area (TPSA) is 40.6 Å². The zero-order valence-corrected chi connectivity index (χ0v) is 16.8. The van der Waals surface area contributed by atoms with E-state index in [1.54, 1.807) is 12.1 Å². The zero-order chi connectivity index (χ0) is 18.9. The standard InChI is InChI=1S/C21H31ClN2O2/c1-3-5-13-23(14-6-4-2)20(25)17-11-15-24(16-12-17)21(26)18-9-7-8-10-19(18)22/h7-10,17H,3-6,11-16H2,1-2H3. The van der Waals surface area contributed by atoms with Crippen LogP contribution in [0.15, 0.2) is 24.3 Å². The van der Waals surface area contributed by atoms with Crippen molar-refractivity contribution < 1.29 is 9.59 Å². The first kappa shape index (κ1) is 20.8. The summed E-state index contributed by atoms with van der Waals surface area (Å²) in [6.07, 6.45) is 5.79. The Labute approximate surface area is 162 Å². The van der Waals surface area contributed by atoms with Gasteiger partial charge in [0, 0.05) is 32.1 Å². The highest BCUT2D eigenvalue weighted by molar-refractivity contribution is 6.33. The van der Waals surface area contributed by atoms with Crippen molar-refractivity contribution in [3.8, 4) is 0 Å². The van der Waals surface area contributed by atoms with Crippen LogP contribution in [0.3, 0.4) is 0 Å². The molecule has 1 heterocycles. The fourth-order valence-electron chi connectivity index (χ4n) is 3.42. The number of carbonyl (C=O) groups excluding carboxylic acids is 2. The molecule has 0 N–H and O–H groups in total. The van der Waals surface area contributed by atoms with Crippen LogP contribution in [0.25, 0.3) is 0 Å². The number of hydrogen-bond donors (Lipinski definition) is 0. The summed E-state index contributed by atoms with van der Waals surface area (Å²) >= 11 is 6.15. The van der Waals surface area contributed by atoms with Gasteiger partial charge in [0.15, 0.2) is 0 Å². The number of hydrogen-bond acceptors (Lipinski definition) is 2. The molecule has 0 radical (unpaired) electrons. The maximum Gasteiger partial charge on any atom is 0.255 e. The van der Waals surface area contributed by atoms with Gasteiger partial charge in [0.1, 0.15) is 0 Å². The van der Waals surface area contributed by atoms with Crippen LogP contribution in [0.5, 0.6) is 0 Å². The summed E-state index contributed by atoms with van der Waals surface area (Å²) in [5.41, 5.74) is 0.548. The zero-order valence-electron chi connectivity index (χ0n) is 16.0. The first-order chi connectivity index (χ1) is 12.6. The van der Waals surface area contributed by atoms with Gasteiger partial charge in [0.2, 0.25) is 5.91 Å². The largest absolute Gasteiger partial charge is 0.342 e. The highest BCUT2D eigenvalue weighted by Crippen LogP contribution is 2.24. The fraction of sp³-hybridized carbons (Fsp3) is 0.619. The molecule has 144 valence electrons. The lowest BCUT2D eigenvalue weighted by atomic mass is 9.94. The van der Waals surface area contributed by atoms with Crippen LogP contribution in [0.4, 0.5) is 0 Å². The molecule has 0 bridgehead atoms. The molecular weight excluding hydrogens is 348 g/mol. The quantitative estimate of drug-likeness (QED) is 0.662. The van der Waals surface area contributed by atoms with E-state index in [9.17, 15) is 9.59 Å². The maximum absolute atomic E-state index is 12.9. The van der Waals surface area contributed by atoms with Crippen LogP contribution in [0.1, 0.15) is 62.7 Å². The average molecular weight is 379 g/mol. The third-order valence-corrected chi connectivity index (χ3v) is 5.44. The number of amides is 2. The Morgan fingerprint density at radius 2 is 1.65 bits per heavy atom. The van der Waals surface area contributed by atoms with Crippen molar-refractivity contribution in [3.05, 3.63) is 34.9 Å². The predicted molar refractivity (Wildman–Crippen MR) is 106 cm³/mol. The van der Waals surface area contributed by atoms with Crippen molar-refractivity contribution >= 4 is 23.4 Å². The monoisotopic (exact) mass is 378 g/mol. The Morgan fingerprint density at radius 3 is 2.19 bits per heavy atom. The molecule has 0 aromatic heterocycles. The number of benzene rings is 1. The second-order valence-electron chi connectivity index (χ2n) is 7.08. The van der Waals surface area contributed by atoms with Crippen LogP contribution in [-0.4, -0.2) is 47.8 Å². The SMILES string of the molecule is CCCCN(CCCC)C(=O)C1CCN(C(=O)c2ccccc2Cl)CC1. The van der Waals surface area contributed by atoms with Gasteiger partial charge in [0.25, 0.3) is 5.91 Å². The van der Waals surface area contributed by atoms with E-state index in [1.165, 1.54) is 0 Å². The van der Waals surface area contributed by atoms with Crippen molar-refractivity contribution in [1.82, 2.24) is 9.80 Å². The van der Waals surface area contributed by atoms with Gasteiger partial charge in [-0.1, -0.05) is 50.4 Å². The number of halogens is 1. The molecule has 1 aromatic carbocycles. The molecule has 1 aliphatic heterocycles. The maximum atomic E-state index is 12.9. The highest BCUT2D eigenvalue weighted by Gasteiger charge is 2.30. The molecule has 0 unspecified atom stereocenters. The van der Waals surface area contributed by atoms with Crippen molar-refractivity contribution in [3.63, 3.8) is 0 Å². The van der Waals surface area contributed by atoms with Crippen LogP contribution < -0.4 is 0 Å². The van der Waals surface area contributed by atoms with Crippen molar-refractivity contribution in [2.45, 2.75) is 52.4 Å². The smallest absolute Gasteiger partial charge is 0.255 e. The molecular formula is C21H31ClN2O2. The van der Waals surface area contributed by atoms with Crippen LogP contribution in [0.2, 0.25) is 5.02 Å². The lowest BCUT2D eigenvalue weighted by molar-refractivity contribution is -0.137. The van der Waals surface area contributed by atoms with Gasteiger partial charge in [-0.2, -0.15) is 0 Å². The van der Waals surface area contributed by atoms with E-state index < -0.39 is 0 Å². The van der Waals surface area contributed by atoms with E-state index in [0.29, 0.717) is 23.7 Å². The second kappa shape index (κ2) is 10.6. The van der Waals surface area contributed by atoms with Gasteiger partial charge < -0.3 is 9.80 Å². The molecule has 1 aliphatic rings. The molecule has 2 rings (SSSR count). The van der Waals surface area contributed by atoms with Gasteiger partial charge in [0.05, 0.1) is 10.6 Å². The van der Waals surface area contributed by atoms with Gasteiger partial charge in [-0.05, 0) is 37.8 Å². The molecule has 1 aromatic rings.